The minimum absolute atomic E-state index is 0.148. The molecule has 0 fully saturated rings. The van der Waals surface area contributed by atoms with Crippen LogP contribution < -0.4 is 5.32 Å². The molecule has 4 rings (SSSR count). The van der Waals surface area contributed by atoms with Gasteiger partial charge in [-0.05, 0) is 35.7 Å². The van der Waals surface area contributed by atoms with Gasteiger partial charge in [0.05, 0.1) is 6.10 Å². The molecule has 1 amide bonds. The third-order valence-electron chi connectivity index (χ3n) is 5.03. The zero-order valence-corrected chi connectivity index (χ0v) is 14.9. The van der Waals surface area contributed by atoms with Crippen molar-refractivity contribution in [1.82, 2.24) is 15.2 Å². The molecule has 27 heavy (non-hydrogen) atoms. The zero-order chi connectivity index (χ0) is 18.8. The Kier molecular flexibility index (Phi) is 4.92. The van der Waals surface area contributed by atoms with E-state index in [2.05, 4.69) is 33.4 Å². The smallest absolute Gasteiger partial charge is 0.267 e. The van der Waals surface area contributed by atoms with Gasteiger partial charge in [-0.15, -0.1) is 0 Å². The van der Waals surface area contributed by atoms with E-state index in [-0.39, 0.29) is 24.0 Å². The quantitative estimate of drug-likeness (QED) is 0.649. The SMILES string of the molecule is O=C(NCC(O)CN1CCc2ccccc2C1)c1cc2c(F)cccc2[nH]1. The Morgan fingerprint density at radius 2 is 2.04 bits per heavy atom. The molecule has 1 aromatic heterocycles. The molecule has 3 N–H and O–H groups in total. The summed E-state index contributed by atoms with van der Waals surface area (Å²) in [6.07, 6.45) is 0.302. The van der Waals surface area contributed by atoms with Gasteiger partial charge in [-0.2, -0.15) is 0 Å². The molecular weight excluding hydrogens is 345 g/mol. The molecule has 3 aromatic rings. The third kappa shape index (κ3) is 3.86. The van der Waals surface area contributed by atoms with Gasteiger partial charge < -0.3 is 15.4 Å². The van der Waals surface area contributed by atoms with Gasteiger partial charge in [-0.25, -0.2) is 4.39 Å². The van der Waals surface area contributed by atoms with Crippen LogP contribution in [-0.2, 0) is 13.0 Å². The highest BCUT2D eigenvalue weighted by molar-refractivity contribution is 5.98. The number of H-pyrrole nitrogens is 1. The second-order valence-corrected chi connectivity index (χ2v) is 7.00. The maximum Gasteiger partial charge on any atom is 0.267 e. The molecule has 140 valence electrons. The number of hydrogen-bond donors (Lipinski definition) is 3. The minimum Gasteiger partial charge on any atom is -0.390 e. The van der Waals surface area contributed by atoms with Crippen molar-refractivity contribution in [2.24, 2.45) is 0 Å². The highest BCUT2D eigenvalue weighted by Crippen LogP contribution is 2.19. The maximum atomic E-state index is 13.7. The fourth-order valence-corrected chi connectivity index (χ4v) is 3.62. The lowest BCUT2D eigenvalue weighted by Crippen LogP contribution is -2.42. The first-order valence-corrected chi connectivity index (χ1v) is 9.13. The number of aliphatic hydroxyl groups excluding tert-OH is 1. The summed E-state index contributed by atoms with van der Waals surface area (Å²) in [4.78, 5) is 17.4. The summed E-state index contributed by atoms with van der Waals surface area (Å²) in [5, 5.41) is 13.4. The molecule has 0 radical (unpaired) electrons. The molecule has 0 saturated carbocycles. The zero-order valence-electron chi connectivity index (χ0n) is 14.9. The number of nitrogens with one attached hydrogen (secondary N) is 2. The van der Waals surface area contributed by atoms with E-state index < -0.39 is 6.10 Å². The number of amides is 1. The number of nitrogens with zero attached hydrogens (tertiary/aromatic N) is 1. The van der Waals surface area contributed by atoms with Crippen LogP contribution in [0.2, 0.25) is 0 Å². The van der Waals surface area contributed by atoms with E-state index in [1.807, 2.05) is 6.07 Å². The molecule has 6 heteroatoms. The van der Waals surface area contributed by atoms with Crippen molar-refractivity contribution in [3.05, 3.63) is 71.2 Å². The van der Waals surface area contributed by atoms with Gasteiger partial charge in [0.15, 0.2) is 0 Å². The Bertz CT molecular complexity index is 969. The highest BCUT2D eigenvalue weighted by atomic mass is 19.1. The summed E-state index contributed by atoms with van der Waals surface area (Å²) in [6.45, 7) is 2.34. The summed E-state index contributed by atoms with van der Waals surface area (Å²) >= 11 is 0. The van der Waals surface area contributed by atoms with E-state index >= 15 is 0 Å². The molecular formula is C21H22FN3O2. The number of rotatable bonds is 5. The largest absolute Gasteiger partial charge is 0.390 e. The molecule has 0 aliphatic carbocycles. The van der Waals surface area contributed by atoms with Crippen LogP contribution in [0.3, 0.4) is 0 Å². The molecule has 1 aliphatic rings. The first-order valence-electron chi connectivity index (χ1n) is 9.13. The number of hydrogen-bond acceptors (Lipinski definition) is 3. The Morgan fingerprint density at radius 3 is 2.85 bits per heavy atom. The summed E-state index contributed by atoms with van der Waals surface area (Å²) < 4.78 is 13.7. The lowest BCUT2D eigenvalue weighted by atomic mass is 10.00. The van der Waals surface area contributed by atoms with Gasteiger partial charge in [0, 0.05) is 37.1 Å². The minimum atomic E-state index is -0.666. The molecule has 1 unspecified atom stereocenters. The second-order valence-electron chi connectivity index (χ2n) is 7.00. The Hall–Kier alpha value is -2.70. The average Bonchev–Trinajstić information content (AvgIpc) is 3.12. The predicted octanol–water partition coefficient (Wildman–Crippen LogP) is 2.46. The molecule has 1 atom stereocenters. The first-order chi connectivity index (χ1) is 13.1. The first kappa shape index (κ1) is 17.7. The molecule has 0 spiro atoms. The van der Waals surface area contributed by atoms with E-state index in [9.17, 15) is 14.3 Å². The molecule has 0 bridgehead atoms. The Morgan fingerprint density at radius 1 is 1.22 bits per heavy atom. The van der Waals surface area contributed by atoms with Crippen LogP contribution in [0, 0.1) is 5.82 Å². The molecule has 1 aliphatic heterocycles. The van der Waals surface area contributed by atoms with Gasteiger partial charge >= 0.3 is 0 Å². The molecule has 0 saturated heterocycles. The third-order valence-corrected chi connectivity index (χ3v) is 5.03. The van der Waals surface area contributed by atoms with Crippen LogP contribution in [0.5, 0.6) is 0 Å². The number of halogens is 1. The van der Waals surface area contributed by atoms with Crippen molar-refractivity contribution >= 4 is 16.8 Å². The van der Waals surface area contributed by atoms with Crippen LogP contribution in [0.25, 0.3) is 10.9 Å². The predicted molar refractivity (Wildman–Crippen MR) is 102 cm³/mol. The van der Waals surface area contributed by atoms with Crippen molar-refractivity contribution in [2.75, 3.05) is 19.6 Å². The number of benzene rings is 2. The summed E-state index contributed by atoms with van der Waals surface area (Å²) in [5.41, 5.74) is 3.52. The average molecular weight is 367 g/mol. The second kappa shape index (κ2) is 7.50. The summed E-state index contributed by atoms with van der Waals surface area (Å²) in [7, 11) is 0. The van der Waals surface area contributed by atoms with Gasteiger partial charge in [0.1, 0.15) is 11.5 Å². The molecule has 5 nitrogen and oxygen atoms in total. The lowest BCUT2D eigenvalue weighted by molar-refractivity contribution is 0.0838. The van der Waals surface area contributed by atoms with Crippen molar-refractivity contribution in [3.63, 3.8) is 0 Å². The monoisotopic (exact) mass is 367 g/mol. The van der Waals surface area contributed by atoms with E-state index in [0.717, 1.165) is 19.5 Å². The number of carbonyl (C=O) groups is 1. The van der Waals surface area contributed by atoms with Crippen LogP contribution in [0.4, 0.5) is 4.39 Å². The normalized spacial score (nSPS) is 15.5. The van der Waals surface area contributed by atoms with Crippen LogP contribution in [-0.4, -0.2) is 46.6 Å². The van der Waals surface area contributed by atoms with Crippen LogP contribution in [0.15, 0.2) is 48.5 Å². The number of fused-ring (bicyclic) bond motifs is 2. The number of aromatic nitrogens is 1. The molecule has 2 heterocycles. The fraction of sp³-hybridized carbons (Fsp3) is 0.286. The topological polar surface area (TPSA) is 68.4 Å². The van der Waals surface area contributed by atoms with E-state index in [4.69, 9.17) is 0 Å². The van der Waals surface area contributed by atoms with Gasteiger partial charge in [-0.1, -0.05) is 30.3 Å². The van der Waals surface area contributed by atoms with Crippen molar-refractivity contribution in [3.8, 4) is 0 Å². The van der Waals surface area contributed by atoms with E-state index in [0.29, 0.717) is 17.4 Å². The Balaban J connectivity index is 1.31. The molecule has 2 aromatic carbocycles. The maximum absolute atomic E-state index is 13.7. The van der Waals surface area contributed by atoms with Crippen molar-refractivity contribution in [1.29, 1.82) is 0 Å². The van der Waals surface area contributed by atoms with Gasteiger partial charge in [-0.3, -0.25) is 9.69 Å². The number of β-amino-alcohol motifs (C(OH)–C–C–N with tert-alkyl or cyclic N) is 1. The van der Waals surface area contributed by atoms with E-state index in [1.165, 1.54) is 23.3 Å². The number of aromatic amines is 1. The standard InChI is InChI=1S/C21H22FN3O2/c22-18-6-3-7-19-17(18)10-20(24-19)21(27)23-11-16(26)13-25-9-8-14-4-1-2-5-15(14)12-25/h1-7,10,16,24,26H,8-9,11-13H2,(H,23,27). The van der Waals surface area contributed by atoms with Crippen molar-refractivity contribution in [2.45, 2.75) is 19.1 Å². The highest BCUT2D eigenvalue weighted by Gasteiger charge is 2.19. The van der Waals surface area contributed by atoms with Gasteiger partial charge in [0.25, 0.3) is 5.91 Å². The van der Waals surface area contributed by atoms with Gasteiger partial charge in [0.2, 0.25) is 0 Å². The summed E-state index contributed by atoms with van der Waals surface area (Å²) in [5.74, 6) is -0.721. The fourth-order valence-electron chi connectivity index (χ4n) is 3.62. The van der Waals surface area contributed by atoms with Crippen molar-refractivity contribution < 1.29 is 14.3 Å². The summed E-state index contributed by atoms with van der Waals surface area (Å²) in [6, 6.07) is 14.5. The lowest BCUT2D eigenvalue weighted by Gasteiger charge is -2.30. The number of carbonyl (C=O) groups excluding carboxylic acids is 1. The van der Waals surface area contributed by atoms with E-state index in [1.54, 1.807) is 12.1 Å². The van der Waals surface area contributed by atoms with Crippen LogP contribution in [0.1, 0.15) is 21.6 Å². The Labute approximate surface area is 156 Å². The van der Waals surface area contributed by atoms with Crippen LogP contribution >= 0.6 is 0 Å². The number of aliphatic hydroxyl groups is 1.